The molecule has 6 heterocycles. The van der Waals surface area contributed by atoms with E-state index in [1.165, 1.54) is 48.2 Å². The highest BCUT2D eigenvalue weighted by Gasteiger charge is 2.33. The second-order valence-corrected chi connectivity index (χ2v) is 17.6. The monoisotopic (exact) mass is 863 g/mol. The summed E-state index contributed by atoms with van der Waals surface area (Å²) in [4.78, 5) is 66.7. The molecule has 0 aromatic heterocycles. The second kappa shape index (κ2) is 18.4. The van der Waals surface area contributed by atoms with E-state index in [9.17, 15) is 23.6 Å². The van der Waals surface area contributed by atoms with E-state index in [-0.39, 0.29) is 44.9 Å². The van der Waals surface area contributed by atoms with Crippen molar-refractivity contribution in [3.8, 4) is 11.5 Å². The lowest BCUT2D eigenvalue weighted by Gasteiger charge is -2.35. The Morgan fingerprint density at radius 1 is 0.750 bits per heavy atom. The average Bonchev–Trinajstić information content (AvgIpc) is 4.01. The molecule has 19 heteroatoms. The summed E-state index contributed by atoms with van der Waals surface area (Å²) in [6, 6.07) is 6.96. The molecule has 4 amide bonds. The average molecular weight is 864 g/mol. The van der Waals surface area contributed by atoms with Crippen molar-refractivity contribution in [2.45, 2.75) is 56.9 Å². The maximum atomic E-state index is 16.2. The summed E-state index contributed by atoms with van der Waals surface area (Å²) >= 11 is 2.28. The summed E-state index contributed by atoms with van der Waals surface area (Å²) in [5, 5.41) is 4.46. The maximum absolute atomic E-state index is 16.2. The van der Waals surface area contributed by atoms with E-state index < -0.39 is 35.6 Å². The summed E-state index contributed by atoms with van der Waals surface area (Å²) in [7, 11) is 4.04. The quantitative estimate of drug-likeness (QED) is 0.346. The number of nitrogens with one attached hydrogen (secondary N) is 2. The van der Waals surface area contributed by atoms with Gasteiger partial charge in [0.25, 0.3) is 11.8 Å². The van der Waals surface area contributed by atoms with Gasteiger partial charge in [0.2, 0.25) is 0 Å². The van der Waals surface area contributed by atoms with Gasteiger partial charge >= 0.3 is 12.2 Å². The highest BCUT2D eigenvalue weighted by Crippen LogP contribution is 2.38. The van der Waals surface area contributed by atoms with Gasteiger partial charge in [0.1, 0.15) is 23.1 Å². The molecule has 0 radical (unpaired) electrons. The first kappa shape index (κ1) is 41.9. The lowest BCUT2D eigenvalue weighted by Crippen LogP contribution is -2.48. The lowest BCUT2D eigenvalue weighted by atomic mass is 9.92. The van der Waals surface area contributed by atoms with Gasteiger partial charge in [0.05, 0.1) is 9.81 Å². The molecule has 60 heavy (non-hydrogen) atoms. The Kier molecular flexibility index (Phi) is 12.9. The molecule has 318 valence electrons. The number of carbonyl (C=O) groups is 4. The molecular formula is C41H47F2N9O6S2. The van der Waals surface area contributed by atoms with Gasteiger partial charge in [-0.05, 0) is 131 Å². The number of carbonyl (C=O) groups excluding carboxylic acids is 4. The number of thioether (sulfide) groups is 2. The Bertz CT molecular complexity index is 2160. The summed E-state index contributed by atoms with van der Waals surface area (Å²) in [5.74, 6) is -2.14. The molecule has 2 aromatic rings. The third kappa shape index (κ3) is 9.54. The molecule has 1 atom stereocenters. The van der Waals surface area contributed by atoms with Crippen molar-refractivity contribution in [3.63, 3.8) is 0 Å². The Morgan fingerprint density at radius 3 is 1.95 bits per heavy atom. The molecule has 0 aliphatic carbocycles. The molecule has 1 unspecified atom stereocenters. The van der Waals surface area contributed by atoms with Crippen LogP contribution in [0.1, 0.15) is 67.6 Å². The number of piperidine rings is 1. The van der Waals surface area contributed by atoms with Gasteiger partial charge < -0.3 is 24.2 Å². The van der Waals surface area contributed by atoms with Crippen LogP contribution in [0.15, 0.2) is 50.1 Å². The summed E-state index contributed by atoms with van der Waals surface area (Å²) < 4.78 is 42.1. The number of amides is 4. The first-order valence-electron chi connectivity index (χ1n) is 20.3. The van der Waals surface area contributed by atoms with Crippen LogP contribution in [0.4, 0.5) is 18.4 Å². The number of halogens is 2. The first-order chi connectivity index (χ1) is 29.0. The zero-order valence-electron chi connectivity index (χ0n) is 33.5. The predicted molar refractivity (Wildman–Crippen MR) is 226 cm³/mol. The third-order valence-electron chi connectivity index (χ3n) is 11.3. The number of benzene rings is 2. The van der Waals surface area contributed by atoms with Gasteiger partial charge in [-0.2, -0.15) is 9.98 Å². The van der Waals surface area contributed by atoms with Crippen LogP contribution in [-0.2, 0) is 9.59 Å². The highest BCUT2D eigenvalue weighted by atomic mass is 32.2. The lowest BCUT2D eigenvalue weighted by molar-refractivity contribution is -0.114. The minimum atomic E-state index is -0.554. The number of nitrogens with zero attached hydrogens (tertiary/aromatic N) is 7. The second-order valence-electron chi connectivity index (χ2n) is 15.6. The van der Waals surface area contributed by atoms with E-state index in [4.69, 9.17) is 9.47 Å². The number of ether oxygens (including phenoxy) is 2. The van der Waals surface area contributed by atoms with Crippen molar-refractivity contribution in [3.05, 3.63) is 68.5 Å². The van der Waals surface area contributed by atoms with Gasteiger partial charge in [-0.15, -0.1) is 0 Å². The van der Waals surface area contributed by atoms with Gasteiger partial charge in [-0.25, -0.2) is 29.2 Å². The van der Waals surface area contributed by atoms with Gasteiger partial charge in [0.15, 0.2) is 10.3 Å². The van der Waals surface area contributed by atoms with Crippen molar-refractivity contribution in [2.75, 3.05) is 66.5 Å². The van der Waals surface area contributed by atoms with Crippen LogP contribution in [0.2, 0.25) is 0 Å². The molecule has 15 nitrogen and oxygen atoms in total. The predicted octanol–water partition coefficient (Wildman–Crippen LogP) is 5.62. The van der Waals surface area contributed by atoms with Crippen LogP contribution in [-0.4, -0.2) is 132 Å². The third-order valence-corrected chi connectivity index (χ3v) is 13.4. The fourth-order valence-corrected chi connectivity index (χ4v) is 9.70. The smallest absolute Gasteiger partial charge is 0.410 e. The largest absolute Gasteiger partial charge is 0.415 e. The maximum Gasteiger partial charge on any atom is 0.415 e. The van der Waals surface area contributed by atoms with E-state index in [1.807, 2.05) is 19.1 Å². The highest BCUT2D eigenvalue weighted by molar-refractivity contribution is 8.18. The number of likely N-dealkylation sites (tertiary alicyclic amines) is 2. The molecule has 0 spiro atoms. The Hall–Kier alpha value is -4.82. The van der Waals surface area contributed by atoms with Gasteiger partial charge in [0, 0.05) is 75.4 Å². The summed E-state index contributed by atoms with van der Waals surface area (Å²) in [6.07, 6.45) is 7.72. The number of aliphatic imine (C=N–C) groups is 2. The Balaban J connectivity index is 0.966. The van der Waals surface area contributed by atoms with Crippen LogP contribution in [0, 0.1) is 11.6 Å². The van der Waals surface area contributed by atoms with Crippen molar-refractivity contribution in [1.29, 1.82) is 0 Å². The Morgan fingerprint density at radius 2 is 1.35 bits per heavy atom. The molecule has 4 fully saturated rings. The van der Waals surface area contributed by atoms with Crippen LogP contribution in [0.25, 0.3) is 12.2 Å². The van der Waals surface area contributed by atoms with E-state index in [2.05, 4.69) is 25.7 Å². The topological polar surface area (TPSA) is 152 Å². The van der Waals surface area contributed by atoms with Crippen LogP contribution in [0.3, 0.4) is 0 Å². The molecule has 0 saturated carbocycles. The van der Waals surface area contributed by atoms with Crippen molar-refractivity contribution >= 4 is 70.0 Å². The zero-order chi connectivity index (χ0) is 41.9. The summed E-state index contributed by atoms with van der Waals surface area (Å²) in [6.45, 7) is 4.31. The molecule has 2 N–H and O–H groups in total. The Labute approximate surface area is 355 Å². The van der Waals surface area contributed by atoms with Crippen LogP contribution < -0.4 is 20.3 Å². The number of hydrazine groups is 2. The molecule has 8 rings (SSSR count). The number of amidine groups is 2. The van der Waals surface area contributed by atoms with Crippen LogP contribution >= 0.6 is 23.5 Å². The number of hydrogen-bond acceptors (Lipinski definition) is 13. The van der Waals surface area contributed by atoms with E-state index in [0.717, 1.165) is 56.8 Å². The minimum Gasteiger partial charge on any atom is -0.410 e. The normalized spacial score (nSPS) is 23.0. The zero-order valence-corrected chi connectivity index (χ0v) is 35.1. The molecular weight excluding hydrogens is 817 g/mol. The standard InChI is InChI=1S/C41H47F2N9O6S2/c1-48(2)29-10-16-50(17-11-29)41(56)58-33-23-30(31(43)20-27(33)22-35-37(54)46-38(59-35)51-15-4-3-12-44-51)25-9-18-52(45-24-25)39-47-36(53)34(60-39)21-26-19-28(42)7-8-32(26)57-40(55)49-13-5-6-14-49/h7-8,19-23,25,29,44-45H,3-6,9-18,24H2,1-2H3/b34-21+,35-22+. The summed E-state index contributed by atoms with van der Waals surface area (Å²) in [5.41, 5.74) is 7.32. The molecule has 0 bridgehead atoms. The van der Waals surface area contributed by atoms with Gasteiger partial charge in [-0.3, -0.25) is 19.6 Å². The number of hydrogen-bond donors (Lipinski definition) is 2. The number of rotatable bonds is 6. The molecule has 2 aromatic carbocycles. The fourth-order valence-electron chi connectivity index (χ4n) is 7.88. The van der Waals surface area contributed by atoms with E-state index in [1.54, 1.807) is 20.9 Å². The van der Waals surface area contributed by atoms with E-state index >= 15 is 4.39 Å². The van der Waals surface area contributed by atoms with E-state index in [0.29, 0.717) is 67.6 Å². The molecule has 6 aliphatic rings. The molecule has 4 saturated heterocycles. The van der Waals surface area contributed by atoms with Crippen LogP contribution in [0.5, 0.6) is 11.5 Å². The fraction of sp³-hybridized carbons (Fsp3) is 0.463. The minimum absolute atomic E-state index is 0.131. The van der Waals surface area contributed by atoms with Crippen molar-refractivity contribution in [2.24, 2.45) is 9.98 Å². The van der Waals surface area contributed by atoms with Gasteiger partial charge in [-0.1, -0.05) is 0 Å². The van der Waals surface area contributed by atoms with Crippen molar-refractivity contribution in [1.82, 2.24) is 35.6 Å². The molecule has 6 aliphatic heterocycles. The SMILES string of the molecule is CN(C)C1CCN(C(=O)Oc2cc(C3CCN(C4=NC(=O)/C(=C\c5cc(F)ccc5OC(=O)N5CCCC5)S4)NC3)c(F)cc2/C=C2/SC(N3CCCCN3)=NC2=O)CC1. The first-order valence-corrected chi connectivity index (χ1v) is 21.9. The van der Waals surface area contributed by atoms with Crippen molar-refractivity contribution < 1.29 is 37.4 Å².